The third kappa shape index (κ3) is 4.21. The van der Waals surface area contributed by atoms with Crippen molar-refractivity contribution in [1.29, 1.82) is 0 Å². The van der Waals surface area contributed by atoms with E-state index in [0.29, 0.717) is 11.6 Å². The van der Waals surface area contributed by atoms with Crippen molar-refractivity contribution in [2.45, 2.75) is 32.4 Å². The highest BCUT2D eigenvalue weighted by atomic mass is 16.7. The van der Waals surface area contributed by atoms with E-state index < -0.39 is 0 Å². The Labute approximate surface area is 199 Å². The minimum absolute atomic E-state index is 0.289. The van der Waals surface area contributed by atoms with E-state index in [0.717, 1.165) is 73.6 Å². The quantitative estimate of drug-likeness (QED) is 0.543. The molecule has 0 bridgehead atoms. The van der Waals surface area contributed by atoms with Crippen LogP contribution in [0.1, 0.15) is 29.7 Å². The van der Waals surface area contributed by atoms with Gasteiger partial charge in [-0.1, -0.05) is 12.1 Å². The van der Waals surface area contributed by atoms with Gasteiger partial charge in [0.15, 0.2) is 11.5 Å². The molecule has 1 aromatic heterocycles. The van der Waals surface area contributed by atoms with Crippen LogP contribution < -0.4 is 23.8 Å². The Balaban J connectivity index is 1.29. The second kappa shape index (κ2) is 9.02. The van der Waals surface area contributed by atoms with Gasteiger partial charge >= 0.3 is 0 Å². The van der Waals surface area contributed by atoms with Crippen molar-refractivity contribution >= 4 is 5.95 Å². The highest BCUT2D eigenvalue weighted by Gasteiger charge is 2.27. The van der Waals surface area contributed by atoms with Gasteiger partial charge in [0, 0.05) is 45.2 Å². The summed E-state index contributed by atoms with van der Waals surface area (Å²) in [4.78, 5) is 14.5. The Morgan fingerprint density at radius 1 is 0.941 bits per heavy atom. The van der Waals surface area contributed by atoms with E-state index in [-0.39, 0.29) is 6.79 Å². The fraction of sp³-hybridized carbons (Fsp3) is 0.385. The zero-order valence-corrected chi connectivity index (χ0v) is 19.3. The average molecular weight is 461 g/mol. The molecule has 0 atom stereocenters. The van der Waals surface area contributed by atoms with E-state index >= 15 is 0 Å². The van der Waals surface area contributed by atoms with Gasteiger partial charge in [0.2, 0.25) is 18.6 Å². The van der Waals surface area contributed by atoms with Crippen molar-refractivity contribution in [1.82, 2.24) is 14.9 Å². The maximum Gasteiger partial charge on any atom is 0.231 e. The number of anilines is 1. The molecule has 0 saturated carbocycles. The molecule has 3 aromatic rings. The van der Waals surface area contributed by atoms with Crippen molar-refractivity contribution < 1.29 is 18.9 Å². The van der Waals surface area contributed by atoms with Crippen LogP contribution >= 0.6 is 0 Å². The molecule has 0 unspecified atom stereocenters. The van der Waals surface area contributed by atoms with Gasteiger partial charge in [-0.05, 0) is 42.7 Å². The van der Waals surface area contributed by atoms with Gasteiger partial charge in [0.1, 0.15) is 11.5 Å². The van der Waals surface area contributed by atoms with Crippen LogP contribution in [0.25, 0.3) is 0 Å². The fourth-order valence-electron chi connectivity index (χ4n) is 4.78. The first-order valence-corrected chi connectivity index (χ1v) is 11.8. The molecule has 1 fully saturated rings. The summed E-state index contributed by atoms with van der Waals surface area (Å²) in [6.07, 6.45) is 3.21. The Kier molecular flexibility index (Phi) is 5.58. The highest BCUT2D eigenvalue weighted by molar-refractivity contribution is 5.46. The number of benzene rings is 2. The van der Waals surface area contributed by atoms with E-state index in [1.807, 2.05) is 30.3 Å². The summed E-state index contributed by atoms with van der Waals surface area (Å²) in [6.45, 7) is 4.74. The highest BCUT2D eigenvalue weighted by Crippen LogP contribution is 2.35. The lowest BCUT2D eigenvalue weighted by molar-refractivity contribution is 0.174. The van der Waals surface area contributed by atoms with E-state index in [1.54, 1.807) is 7.11 Å². The summed E-state index contributed by atoms with van der Waals surface area (Å²) >= 11 is 0. The minimum atomic E-state index is 0.289. The van der Waals surface area contributed by atoms with E-state index in [2.05, 4.69) is 21.9 Å². The largest absolute Gasteiger partial charge is 0.497 e. The Hall–Kier alpha value is -3.52. The zero-order valence-electron chi connectivity index (χ0n) is 19.3. The van der Waals surface area contributed by atoms with Crippen LogP contribution in [0, 0.1) is 0 Å². The van der Waals surface area contributed by atoms with Gasteiger partial charge in [-0.15, -0.1) is 0 Å². The number of rotatable bonds is 6. The average Bonchev–Trinajstić information content (AvgIpc) is 3.56. The summed E-state index contributed by atoms with van der Waals surface area (Å²) in [5, 5.41) is 0. The van der Waals surface area contributed by atoms with Gasteiger partial charge in [-0.2, -0.15) is 4.98 Å². The van der Waals surface area contributed by atoms with Gasteiger partial charge in [0.25, 0.3) is 0 Å². The summed E-state index contributed by atoms with van der Waals surface area (Å²) in [6, 6.07) is 13.8. The van der Waals surface area contributed by atoms with Crippen molar-refractivity contribution in [3.8, 4) is 28.9 Å². The molecule has 0 aliphatic carbocycles. The Morgan fingerprint density at radius 3 is 2.68 bits per heavy atom. The second-order valence-corrected chi connectivity index (χ2v) is 8.88. The molecule has 2 aromatic carbocycles. The second-order valence-electron chi connectivity index (χ2n) is 8.88. The standard InChI is InChI=1S/C26H28N4O4/c1-31-19-5-4-6-20(14-19)34-25-21-16-29(15-18-7-8-23-24(13-18)33-17-32-23)12-9-22(21)27-26(28-25)30-10-2-3-11-30/h4-8,13-14H,2-3,9-12,15-17H2,1H3. The number of methoxy groups -OCH3 is 1. The smallest absolute Gasteiger partial charge is 0.231 e. The van der Waals surface area contributed by atoms with Crippen molar-refractivity contribution in [2.24, 2.45) is 0 Å². The monoisotopic (exact) mass is 460 g/mol. The van der Waals surface area contributed by atoms with E-state index in [1.165, 1.54) is 18.4 Å². The van der Waals surface area contributed by atoms with Crippen molar-refractivity contribution in [3.63, 3.8) is 0 Å². The predicted octanol–water partition coefficient (Wildman–Crippen LogP) is 4.16. The molecule has 0 amide bonds. The molecular formula is C26H28N4O4. The molecule has 0 spiro atoms. The summed E-state index contributed by atoms with van der Waals surface area (Å²) in [5.41, 5.74) is 3.33. The molecule has 1 saturated heterocycles. The van der Waals surface area contributed by atoms with Gasteiger partial charge in [-0.3, -0.25) is 4.90 Å². The van der Waals surface area contributed by atoms with Gasteiger partial charge in [-0.25, -0.2) is 4.98 Å². The van der Waals surface area contributed by atoms with E-state index in [4.69, 9.17) is 28.9 Å². The van der Waals surface area contributed by atoms with Crippen molar-refractivity contribution in [2.75, 3.05) is 38.4 Å². The first-order chi connectivity index (χ1) is 16.7. The lowest BCUT2D eigenvalue weighted by Crippen LogP contribution is -2.32. The van der Waals surface area contributed by atoms with Crippen LogP contribution in [-0.4, -0.2) is 48.4 Å². The first kappa shape index (κ1) is 21.0. The number of aromatic nitrogens is 2. The number of nitrogens with zero attached hydrogens (tertiary/aromatic N) is 4. The van der Waals surface area contributed by atoms with Gasteiger partial charge in [0.05, 0.1) is 18.4 Å². The summed E-state index contributed by atoms with van der Waals surface area (Å²) in [5.74, 6) is 4.50. The van der Waals surface area contributed by atoms with Gasteiger partial charge < -0.3 is 23.8 Å². The molecule has 6 rings (SSSR count). The Bertz CT molecular complexity index is 1200. The predicted molar refractivity (Wildman–Crippen MR) is 127 cm³/mol. The van der Waals surface area contributed by atoms with Crippen LogP contribution in [0.15, 0.2) is 42.5 Å². The SMILES string of the molecule is COc1cccc(Oc2nc(N3CCCC3)nc3c2CN(Cc2ccc4c(c2)OCO4)CC3)c1. The Morgan fingerprint density at radius 2 is 1.79 bits per heavy atom. The molecule has 0 radical (unpaired) electrons. The molecule has 0 N–H and O–H groups in total. The van der Waals surface area contributed by atoms with Crippen LogP contribution in [0.2, 0.25) is 0 Å². The lowest BCUT2D eigenvalue weighted by Gasteiger charge is -2.30. The molecular weight excluding hydrogens is 432 g/mol. The zero-order chi connectivity index (χ0) is 22.9. The topological polar surface area (TPSA) is 69.2 Å². The normalized spacial score (nSPS) is 17.0. The minimum Gasteiger partial charge on any atom is -0.497 e. The number of ether oxygens (including phenoxy) is 4. The molecule has 8 nitrogen and oxygen atoms in total. The fourth-order valence-corrected chi connectivity index (χ4v) is 4.78. The molecule has 3 aliphatic heterocycles. The maximum absolute atomic E-state index is 6.36. The third-order valence-electron chi connectivity index (χ3n) is 6.58. The number of hydrogen-bond donors (Lipinski definition) is 0. The number of hydrogen-bond acceptors (Lipinski definition) is 8. The molecule has 4 heterocycles. The first-order valence-electron chi connectivity index (χ1n) is 11.8. The molecule has 8 heteroatoms. The van der Waals surface area contributed by atoms with Crippen LogP contribution in [-0.2, 0) is 19.5 Å². The third-order valence-corrected chi connectivity index (χ3v) is 6.58. The van der Waals surface area contributed by atoms with Crippen LogP contribution in [0.3, 0.4) is 0 Å². The van der Waals surface area contributed by atoms with E-state index in [9.17, 15) is 0 Å². The molecule has 176 valence electrons. The lowest BCUT2D eigenvalue weighted by atomic mass is 10.1. The van der Waals surface area contributed by atoms with Crippen LogP contribution in [0.4, 0.5) is 5.95 Å². The molecule has 3 aliphatic rings. The summed E-state index contributed by atoms with van der Waals surface area (Å²) in [7, 11) is 1.66. The van der Waals surface area contributed by atoms with Crippen molar-refractivity contribution in [3.05, 3.63) is 59.3 Å². The maximum atomic E-state index is 6.36. The summed E-state index contributed by atoms with van der Waals surface area (Å²) < 4.78 is 22.7. The molecule has 34 heavy (non-hydrogen) atoms. The number of fused-ring (bicyclic) bond motifs is 2. The van der Waals surface area contributed by atoms with Crippen LogP contribution in [0.5, 0.6) is 28.9 Å².